The highest BCUT2D eigenvalue weighted by Gasteiger charge is 2.24. The molecule has 0 radical (unpaired) electrons. The maximum Gasteiger partial charge on any atom is 0.227 e. The molecule has 0 saturated heterocycles. The number of aryl methyl sites for hydroxylation is 1. The number of carbonyl (C=O) groups excluding carboxylic acids is 1. The number of methoxy groups -OCH3 is 1. The van der Waals surface area contributed by atoms with E-state index >= 15 is 0 Å². The summed E-state index contributed by atoms with van der Waals surface area (Å²) in [7, 11) is 1.71. The lowest BCUT2D eigenvalue weighted by Crippen LogP contribution is -2.46. The minimum Gasteiger partial charge on any atom is -0.383 e. The molecule has 1 aliphatic rings. The standard InChI is InChI=1S/C17H26N2O2/c1-3-11-18-15(13-21-2)12-19-16-9-5-4-7-14(16)8-6-10-17(19)20/h4-5,7,9,15,18H,3,6,8,10-13H2,1-2H3. The number of hydrogen-bond acceptors (Lipinski definition) is 3. The zero-order valence-corrected chi connectivity index (χ0v) is 13.1. The van der Waals surface area contributed by atoms with E-state index in [1.54, 1.807) is 7.11 Å². The lowest BCUT2D eigenvalue weighted by atomic mass is 10.1. The minimum atomic E-state index is 0.171. The Labute approximate surface area is 127 Å². The highest BCUT2D eigenvalue weighted by molar-refractivity contribution is 5.94. The molecule has 4 heteroatoms. The molecule has 1 aromatic carbocycles. The molecule has 0 bridgehead atoms. The molecule has 1 N–H and O–H groups in total. The van der Waals surface area contributed by atoms with Gasteiger partial charge in [-0.15, -0.1) is 0 Å². The van der Waals surface area contributed by atoms with E-state index in [0.29, 0.717) is 19.6 Å². The zero-order chi connectivity index (χ0) is 15.1. The highest BCUT2D eigenvalue weighted by atomic mass is 16.5. The van der Waals surface area contributed by atoms with Crippen LogP contribution >= 0.6 is 0 Å². The van der Waals surface area contributed by atoms with Crippen molar-refractivity contribution in [1.82, 2.24) is 5.32 Å². The summed E-state index contributed by atoms with van der Waals surface area (Å²) in [5.74, 6) is 0.222. The van der Waals surface area contributed by atoms with E-state index in [9.17, 15) is 4.79 Å². The van der Waals surface area contributed by atoms with Crippen molar-refractivity contribution >= 4 is 11.6 Å². The summed E-state index contributed by atoms with van der Waals surface area (Å²) >= 11 is 0. The quantitative estimate of drug-likeness (QED) is 0.838. The average Bonchev–Trinajstić information content (AvgIpc) is 2.65. The van der Waals surface area contributed by atoms with Crippen LogP contribution in [0.3, 0.4) is 0 Å². The number of nitrogens with one attached hydrogen (secondary N) is 1. The molecule has 0 fully saturated rings. The van der Waals surface area contributed by atoms with Crippen LogP contribution in [0.4, 0.5) is 5.69 Å². The van der Waals surface area contributed by atoms with Crippen LogP contribution in [0.2, 0.25) is 0 Å². The van der Waals surface area contributed by atoms with Gasteiger partial charge >= 0.3 is 0 Å². The highest BCUT2D eigenvalue weighted by Crippen LogP contribution is 2.26. The van der Waals surface area contributed by atoms with Gasteiger partial charge in [-0.2, -0.15) is 0 Å². The minimum absolute atomic E-state index is 0.171. The summed E-state index contributed by atoms with van der Waals surface area (Å²) in [4.78, 5) is 14.4. The van der Waals surface area contributed by atoms with Gasteiger partial charge in [-0.05, 0) is 37.4 Å². The number of rotatable bonds is 7. The van der Waals surface area contributed by atoms with Crippen molar-refractivity contribution in [2.45, 2.75) is 38.6 Å². The van der Waals surface area contributed by atoms with Gasteiger partial charge in [0.2, 0.25) is 5.91 Å². The summed E-state index contributed by atoms with van der Waals surface area (Å²) in [6, 6.07) is 8.42. The van der Waals surface area contributed by atoms with Crippen LogP contribution in [0.15, 0.2) is 24.3 Å². The van der Waals surface area contributed by atoms with Crippen LogP contribution in [0.25, 0.3) is 0 Å². The maximum absolute atomic E-state index is 12.4. The van der Waals surface area contributed by atoms with Crippen LogP contribution < -0.4 is 10.2 Å². The number of fused-ring (bicyclic) bond motifs is 1. The van der Waals surface area contributed by atoms with Gasteiger partial charge < -0.3 is 15.0 Å². The molecule has 0 spiro atoms. The first-order valence-electron chi connectivity index (χ1n) is 7.86. The van der Waals surface area contributed by atoms with E-state index in [1.165, 1.54) is 5.56 Å². The Hall–Kier alpha value is -1.39. The summed E-state index contributed by atoms with van der Waals surface area (Å²) in [5.41, 5.74) is 2.34. The Morgan fingerprint density at radius 1 is 1.33 bits per heavy atom. The number of benzene rings is 1. The molecular weight excluding hydrogens is 264 g/mol. The van der Waals surface area contributed by atoms with Crippen molar-refractivity contribution in [2.24, 2.45) is 0 Å². The second-order valence-electron chi connectivity index (χ2n) is 5.59. The van der Waals surface area contributed by atoms with Crippen LogP contribution in [-0.2, 0) is 16.0 Å². The van der Waals surface area contributed by atoms with E-state index in [2.05, 4.69) is 30.4 Å². The summed E-state index contributed by atoms with van der Waals surface area (Å²) in [5, 5.41) is 3.47. The van der Waals surface area contributed by atoms with Crippen LogP contribution in [0.5, 0.6) is 0 Å². The third-order valence-electron chi connectivity index (χ3n) is 3.87. The SMILES string of the molecule is CCCNC(COC)CN1C(=O)CCCc2ccccc21. The van der Waals surface area contributed by atoms with Gasteiger partial charge in [0, 0.05) is 31.8 Å². The molecule has 1 aliphatic heterocycles. The number of ether oxygens (including phenoxy) is 1. The van der Waals surface area contributed by atoms with Crippen molar-refractivity contribution in [3.8, 4) is 0 Å². The van der Waals surface area contributed by atoms with Gasteiger partial charge in [0.1, 0.15) is 0 Å². The molecule has 1 aromatic rings. The molecule has 21 heavy (non-hydrogen) atoms. The zero-order valence-electron chi connectivity index (χ0n) is 13.1. The molecule has 0 aromatic heterocycles. The molecule has 1 heterocycles. The van der Waals surface area contributed by atoms with Crippen molar-refractivity contribution < 1.29 is 9.53 Å². The van der Waals surface area contributed by atoms with E-state index in [-0.39, 0.29) is 11.9 Å². The van der Waals surface area contributed by atoms with Crippen molar-refractivity contribution in [3.63, 3.8) is 0 Å². The Morgan fingerprint density at radius 3 is 2.90 bits per heavy atom. The van der Waals surface area contributed by atoms with Crippen molar-refractivity contribution in [1.29, 1.82) is 0 Å². The molecule has 1 amide bonds. The van der Waals surface area contributed by atoms with E-state index in [1.807, 2.05) is 11.0 Å². The molecule has 2 rings (SSSR count). The fourth-order valence-electron chi connectivity index (χ4n) is 2.83. The van der Waals surface area contributed by atoms with Crippen LogP contribution in [0, 0.1) is 0 Å². The number of amides is 1. The normalized spacial score (nSPS) is 16.5. The van der Waals surface area contributed by atoms with Gasteiger partial charge in [0.25, 0.3) is 0 Å². The molecule has 0 aliphatic carbocycles. The molecule has 1 unspecified atom stereocenters. The summed E-state index contributed by atoms with van der Waals surface area (Å²) in [6.07, 6.45) is 3.62. The molecule has 1 atom stereocenters. The third-order valence-corrected chi connectivity index (χ3v) is 3.87. The molecule has 116 valence electrons. The van der Waals surface area contributed by atoms with Gasteiger partial charge in [-0.25, -0.2) is 0 Å². The second-order valence-corrected chi connectivity index (χ2v) is 5.59. The Balaban J connectivity index is 2.16. The van der Waals surface area contributed by atoms with E-state index in [4.69, 9.17) is 4.74 Å². The summed E-state index contributed by atoms with van der Waals surface area (Å²) < 4.78 is 5.30. The number of hydrogen-bond donors (Lipinski definition) is 1. The van der Waals surface area contributed by atoms with Gasteiger partial charge in [-0.3, -0.25) is 4.79 Å². The Kier molecular flexibility index (Phi) is 6.21. The molecular formula is C17H26N2O2. The van der Waals surface area contributed by atoms with Gasteiger partial charge in [-0.1, -0.05) is 25.1 Å². The first-order chi connectivity index (χ1) is 10.3. The third kappa shape index (κ3) is 4.29. The predicted octanol–water partition coefficient (Wildman–Crippen LogP) is 2.37. The largest absolute Gasteiger partial charge is 0.383 e. The predicted molar refractivity (Wildman–Crippen MR) is 85.7 cm³/mol. The van der Waals surface area contributed by atoms with E-state index < -0.39 is 0 Å². The lowest BCUT2D eigenvalue weighted by Gasteiger charge is -2.28. The second kappa shape index (κ2) is 8.15. The topological polar surface area (TPSA) is 41.6 Å². The average molecular weight is 290 g/mol. The smallest absolute Gasteiger partial charge is 0.227 e. The Bertz CT molecular complexity index is 462. The van der Waals surface area contributed by atoms with Crippen LogP contribution in [0.1, 0.15) is 31.7 Å². The fourth-order valence-corrected chi connectivity index (χ4v) is 2.83. The first-order valence-corrected chi connectivity index (χ1v) is 7.86. The number of anilines is 1. The van der Waals surface area contributed by atoms with Crippen molar-refractivity contribution in [3.05, 3.63) is 29.8 Å². The summed E-state index contributed by atoms with van der Waals surface area (Å²) in [6.45, 7) is 4.37. The lowest BCUT2D eigenvalue weighted by molar-refractivity contribution is -0.118. The number of para-hydroxylation sites is 1. The maximum atomic E-state index is 12.4. The number of nitrogens with zero attached hydrogens (tertiary/aromatic N) is 1. The monoisotopic (exact) mass is 290 g/mol. The van der Waals surface area contributed by atoms with Gasteiger partial charge in [0.15, 0.2) is 0 Å². The molecule has 4 nitrogen and oxygen atoms in total. The van der Waals surface area contributed by atoms with Crippen LogP contribution in [-0.4, -0.2) is 38.8 Å². The van der Waals surface area contributed by atoms with Crippen molar-refractivity contribution in [2.75, 3.05) is 31.7 Å². The first kappa shape index (κ1) is 16.0. The van der Waals surface area contributed by atoms with Gasteiger partial charge in [0.05, 0.1) is 6.61 Å². The molecule has 0 saturated carbocycles. The fraction of sp³-hybridized carbons (Fsp3) is 0.588. The Morgan fingerprint density at radius 2 is 2.14 bits per heavy atom. The number of carbonyl (C=O) groups is 1. The van der Waals surface area contributed by atoms with E-state index in [0.717, 1.165) is 31.5 Å².